The van der Waals surface area contributed by atoms with Gasteiger partial charge in [0.25, 0.3) is 0 Å². The fourth-order valence-corrected chi connectivity index (χ4v) is 2.90. The van der Waals surface area contributed by atoms with Gasteiger partial charge in [0.1, 0.15) is 10.7 Å². The van der Waals surface area contributed by atoms with Crippen LogP contribution in [0.4, 0.5) is 5.00 Å². The summed E-state index contributed by atoms with van der Waals surface area (Å²) in [5, 5.41) is 8.24. The highest BCUT2D eigenvalue weighted by molar-refractivity contribution is 9.10. The van der Waals surface area contributed by atoms with Gasteiger partial charge < -0.3 is 5.32 Å². The molecule has 0 amide bonds. The highest BCUT2D eigenvalue weighted by atomic mass is 79.9. The summed E-state index contributed by atoms with van der Waals surface area (Å²) in [6.45, 7) is 0. The van der Waals surface area contributed by atoms with E-state index in [0.29, 0.717) is 0 Å². The molecule has 84 valence electrons. The molecule has 0 aliphatic rings. The van der Waals surface area contributed by atoms with Gasteiger partial charge in [-0.25, -0.2) is 0 Å². The van der Waals surface area contributed by atoms with Crippen molar-refractivity contribution in [2.75, 3.05) is 12.4 Å². The molecule has 0 unspecified atom stereocenters. The Hall–Kier alpha value is -0.590. The molecule has 3 nitrogen and oxygen atoms in total. The zero-order chi connectivity index (χ0) is 11.4. The van der Waals surface area contributed by atoms with Gasteiger partial charge in [0, 0.05) is 33.7 Å². The van der Waals surface area contributed by atoms with Crippen LogP contribution in [0.25, 0.3) is 0 Å². The Labute approximate surface area is 111 Å². The Morgan fingerprint density at radius 3 is 2.81 bits per heavy atom. The van der Waals surface area contributed by atoms with E-state index >= 15 is 0 Å². The van der Waals surface area contributed by atoms with Crippen LogP contribution in [0.1, 0.15) is 5.69 Å². The van der Waals surface area contributed by atoms with Crippen molar-refractivity contribution in [2.24, 2.45) is 0 Å². The van der Waals surface area contributed by atoms with Gasteiger partial charge in [-0.1, -0.05) is 20.4 Å². The van der Waals surface area contributed by atoms with Gasteiger partial charge in [0.15, 0.2) is 0 Å². The normalized spacial score (nSPS) is 10.4. The van der Waals surface area contributed by atoms with Gasteiger partial charge in [0.2, 0.25) is 0 Å². The molecule has 0 bridgehead atoms. The third-order valence-corrected chi connectivity index (χ3v) is 4.31. The topological polar surface area (TPSA) is 37.8 Å². The molecule has 2 aromatic rings. The summed E-state index contributed by atoms with van der Waals surface area (Å²) in [5.41, 5.74) is 1.01. The number of hydrogen-bond donors (Lipinski definition) is 1. The minimum atomic E-state index is 0.842. The summed E-state index contributed by atoms with van der Waals surface area (Å²) >= 11 is 6.57. The fraction of sp³-hybridized carbons (Fsp3) is 0.200. The molecular formula is C10H10BrN3S2. The highest BCUT2D eigenvalue weighted by Crippen LogP contribution is 2.27. The summed E-state index contributed by atoms with van der Waals surface area (Å²) in [7, 11) is 1.89. The second-order valence-corrected chi connectivity index (χ2v) is 5.76. The number of benzene rings is 1. The van der Waals surface area contributed by atoms with Crippen LogP contribution in [0, 0.1) is 0 Å². The number of halogens is 1. The monoisotopic (exact) mass is 315 g/mol. The minimum Gasteiger partial charge on any atom is -0.377 e. The predicted octanol–water partition coefficient (Wildman–Crippen LogP) is 3.63. The van der Waals surface area contributed by atoms with Crippen LogP contribution in [0.5, 0.6) is 0 Å². The zero-order valence-corrected chi connectivity index (χ0v) is 11.8. The molecule has 0 fully saturated rings. The molecule has 0 saturated heterocycles. The Morgan fingerprint density at radius 2 is 2.12 bits per heavy atom. The molecule has 1 heterocycles. The van der Waals surface area contributed by atoms with Crippen molar-refractivity contribution in [3.8, 4) is 0 Å². The molecule has 0 aliphatic carbocycles. The van der Waals surface area contributed by atoms with E-state index in [0.717, 1.165) is 20.9 Å². The molecule has 1 N–H and O–H groups in total. The number of thioether (sulfide) groups is 1. The van der Waals surface area contributed by atoms with Crippen molar-refractivity contribution in [1.82, 2.24) is 9.59 Å². The zero-order valence-electron chi connectivity index (χ0n) is 8.61. The van der Waals surface area contributed by atoms with Crippen molar-refractivity contribution < 1.29 is 0 Å². The Morgan fingerprint density at radius 1 is 1.38 bits per heavy atom. The molecule has 0 atom stereocenters. The summed E-state index contributed by atoms with van der Waals surface area (Å²) in [4.78, 5) is 1.23. The summed E-state index contributed by atoms with van der Waals surface area (Å²) in [5.74, 6) is 0.842. The van der Waals surface area contributed by atoms with Crippen LogP contribution in [0.3, 0.4) is 0 Å². The lowest BCUT2D eigenvalue weighted by Crippen LogP contribution is -1.90. The molecule has 2 rings (SSSR count). The van der Waals surface area contributed by atoms with Crippen LogP contribution in [-0.4, -0.2) is 16.6 Å². The van der Waals surface area contributed by atoms with Gasteiger partial charge in [-0.2, -0.15) is 0 Å². The quantitative estimate of drug-likeness (QED) is 0.874. The first-order valence-electron chi connectivity index (χ1n) is 4.67. The van der Waals surface area contributed by atoms with E-state index in [1.165, 1.54) is 16.4 Å². The number of rotatable bonds is 4. The number of aromatic nitrogens is 2. The SMILES string of the molecule is CNc1snnc1CSc1ccc(Br)cc1. The molecular weight excluding hydrogens is 306 g/mol. The lowest BCUT2D eigenvalue weighted by Gasteiger charge is -2.01. The van der Waals surface area contributed by atoms with Crippen molar-refractivity contribution in [3.63, 3.8) is 0 Å². The van der Waals surface area contributed by atoms with Crippen LogP contribution < -0.4 is 5.32 Å². The van der Waals surface area contributed by atoms with Crippen LogP contribution in [0.2, 0.25) is 0 Å². The van der Waals surface area contributed by atoms with Crippen molar-refractivity contribution in [3.05, 3.63) is 34.4 Å². The number of hydrogen-bond acceptors (Lipinski definition) is 5. The molecule has 0 spiro atoms. The van der Waals surface area contributed by atoms with E-state index in [9.17, 15) is 0 Å². The first kappa shape index (κ1) is 11.9. The summed E-state index contributed by atoms with van der Waals surface area (Å²) < 4.78 is 5.03. The van der Waals surface area contributed by atoms with Crippen LogP contribution in [0.15, 0.2) is 33.6 Å². The largest absolute Gasteiger partial charge is 0.377 e. The maximum absolute atomic E-state index is 4.10. The lowest BCUT2D eigenvalue weighted by atomic mass is 10.4. The predicted molar refractivity (Wildman–Crippen MR) is 73.2 cm³/mol. The molecule has 1 aromatic carbocycles. The lowest BCUT2D eigenvalue weighted by molar-refractivity contribution is 1.07. The standard InChI is InChI=1S/C10H10BrN3S2/c1-12-10-9(13-14-16-10)6-15-8-4-2-7(11)3-5-8/h2-5,12H,6H2,1H3. The maximum atomic E-state index is 4.10. The third kappa shape index (κ3) is 2.96. The average Bonchev–Trinajstić information content (AvgIpc) is 2.76. The van der Waals surface area contributed by atoms with Crippen molar-refractivity contribution in [1.29, 1.82) is 0 Å². The molecule has 0 aliphatic heterocycles. The number of nitrogens with one attached hydrogen (secondary N) is 1. The Balaban J connectivity index is 1.99. The molecule has 16 heavy (non-hydrogen) atoms. The highest BCUT2D eigenvalue weighted by Gasteiger charge is 2.06. The maximum Gasteiger partial charge on any atom is 0.133 e. The fourth-order valence-electron chi connectivity index (χ4n) is 1.18. The number of nitrogens with zero attached hydrogens (tertiary/aromatic N) is 2. The van der Waals surface area contributed by atoms with E-state index in [1.807, 2.05) is 19.2 Å². The van der Waals surface area contributed by atoms with Crippen LogP contribution in [-0.2, 0) is 5.75 Å². The average molecular weight is 316 g/mol. The van der Waals surface area contributed by atoms with Gasteiger partial charge in [-0.15, -0.1) is 16.9 Å². The minimum absolute atomic E-state index is 0.842. The summed E-state index contributed by atoms with van der Waals surface area (Å²) in [6.07, 6.45) is 0. The van der Waals surface area contributed by atoms with E-state index in [-0.39, 0.29) is 0 Å². The molecule has 1 aromatic heterocycles. The molecule has 0 radical (unpaired) electrons. The van der Waals surface area contributed by atoms with Crippen LogP contribution >= 0.6 is 39.2 Å². The van der Waals surface area contributed by atoms with E-state index in [4.69, 9.17) is 0 Å². The Kier molecular flexibility index (Phi) is 4.20. The van der Waals surface area contributed by atoms with E-state index < -0.39 is 0 Å². The van der Waals surface area contributed by atoms with Gasteiger partial charge in [-0.3, -0.25) is 0 Å². The second-order valence-electron chi connectivity index (χ2n) is 3.04. The first-order chi connectivity index (χ1) is 7.79. The molecule has 0 saturated carbocycles. The number of anilines is 1. The van der Waals surface area contributed by atoms with Crippen molar-refractivity contribution >= 4 is 44.2 Å². The third-order valence-electron chi connectivity index (χ3n) is 1.97. The first-order valence-corrected chi connectivity index (χ1v) is 7.22. The van der Waals surface area contributed by atoms with Gasteiger partial charge >= 0.3 is 0 Å². The van der Waals surface area contributed by atoms with E-state index in [1.54, 1.807) is 11.8 Å². The van der Waals surface area contributed by atoms with Crippen molar-refractivity contribution in [2.45, 2.75) is 10.6 Å². The molecule has 6 heteroatoms. The summed E-state index contributed by atoms with van der Waals surface area (Å²) in [6, 6.07) is 8.27. The van der Waals surface area contributed by atoms with Gasteiger partial charge in [-0.05, 0) is 24.3 Å². The Bertz CT molecular complexity index is 455. The smallest absolute Gasteiger partial charge is 0.133 e. The van der Waals surface area contributed by atoms with E-state index in [2.05, 4.69) is 43.0 Å². The second kappa shape index (κ2) is 5.65. The van der Waals surface area contributed by atoms with Gasteiger partial charge in [0.05, 0.1) is 0 Å².